The molecule has 0 bridgehead atoms. The van der Waals surface area contributed by atoms with Gasteiger partial charge in [0, 0.05) is 19.6 Å². The van der Waals surface area contributed by atoms with E-state index in [1.807, 2.05) is 27.8 Å². The van der Waals surface area contributed by atoms with Gasteiger partial charge in [-0.25, -0.2) is 0 Å². The van der Waals surface area contributed by atoms with Crippen LogP contribution in [0.1, 0.15) is 46.5 Å². The van der Waals surface area contributed by atoms with Crippen LogP contribution in [0.5, 0.6) is 0 Å². The van der Waals surface area contributed by atoms with Crippen LogP contribution in [-0.4, -0.2) is 49.1 Å². The van der Waals surface area contributed by atoms with Gasteiger partial charge in [-0.05, 0) is 40.0 Å². The molecule has 1 rings (SSSR count). The zero-order valence-electron chi connectivity index (χ0n) is 13.1. The minimum absolute atomic E-state index is 0.0209. The van der Waals surface area contributed by atoms with Gasteiger partial charge in [0.05, 0.1) is 18.6 Å². The van der Waals surface area contributed by atoms with Gasteiger partial charge in [0.1, 0.15) is 0 Å². The molecule has 0 heterocycles. The molecule has 0 aromatic rings. The summed E-state index contributed by atoms with van der Waals surface area (Å²) < 4.78 is 5.10. The predicted octanol–water partition coefficient (Wildman–Crippen LogP) is 1.56. The number of likely N-dealkylation sites (N-methyl/N-ethyl adjacent to an activating group) is 1. The van der Waals surface area contributed by atoms with E-state index in [2.05, 4.69) is 5.32 Å². The van der Waals surface area contributed by atoms with Crippen molar-refractivity contribution in [2.75, 3.05) is 20.2 Å². The van der Waals surface area contributed by atoms with Crippen LogP contribution >= 0.6 is 0 Å². The first-order valence-electron chi connectivity index (χ1n) is 7.67. The standard InChI is InChI=1S/C15H28N2O3/c1-5-17(4)14(18)11(3)16-13-9-7-8-12(10-13)15(19)20-6-2/h11-13,16H,5-10H2,1-4H3. The molecule has 5 nitrogen and oxygen atoms in total. The normalized spacial score (nSPS) is 24.0. The second-order valence-electron chi connectivity index (χ2n) is 5.55. The highest BCUT2D eigenvalue weighted by Crippen LogP contribution is 2.25. The smallest absolute Gasteiger partial charge is 0.308 e. The van der Waals surface area contributed by atoms with Gasteiger partial charge < -0.3 is 15.0 Å². The predicted molar refractivity (Wildman–Crippen MR) is 78.3 cm³/mol. The van der Waals surface area contributed by atoms with E-state index in [1.54, 1.807) is 4.90 Å². The third-order valence-electron chi connectivity index (χ3n) is 4.00. The lowest BCUT2D eigenvalue weighted by molar-refractivity contribution is -0.149. The molecule has 1 aliphatic rings. The number of carbonyl (C=O) groups is 2. The molecule has 0 spiro atoms. The second-order valence-corrected chi connectivity index (χ2v) is 5.55. The summed E-state index contributed by atoms with van der Waals surface area (Å²) in [4.78, 5) is 25.5. The maximum atomic E-state index is 12.0. The first kappa shape index (κ1) is 17.0. The molecule has 1 aliphatic carbocycles. The molecule has 116 valence electrons. The molecule has 1 fully saturated rings. The fourth-order valence-corrected chi connectivity index (χ4v) is 2.73. The molecule has 0 saturated heterocycles. The zero-order chi connectivity index (χ0) is 15.1. The number of ether oxygens (including phenoxy) is 1. The minimum atomic E-state index is -0.203. The first-order valence-corrected chi connectivity index (χ1v) is 7.67. The average Bonchev–Trinajstić information content (AvgIpc) is 2.46. The second kappa shape index (κ2) is 8.25. The molecule has 5 heteroatoms. The van der Waals surface area contributed by atoms with Crippen molar-refractivity contribution in [3.63, 3.8) is 0 Å². The first-order chi connectivity index (χ1) is 9.49. The SMILES string of the molecule is CCOC(=O)C1CCCC(NC(C)C(=O)N(C)CC)C1. The monoisotopic (exact) mass is 284 g/mol. The highest BCUT2D eigenvalue weighted by molar-refractivity contribution is 5.81. The topological polar surface area (TPSA) is 58.6 Å². The Morgan fingerprint density at radius 3 is 2.65 bits per heavy atom. The van der Waals surface area contributed by atoms with E-state index < -0.39 is 0 Å². The number of nitrogens with zero attached hydrogens (tertiary/aromatic N) is 1. The Kier molecular flexibility index (Phi) is 6.99. The summed E-state index contributed by atoms with van der Waals surface area (Å²) in [5.41, 5.74) is 0. The van der Waals surface area contributed by atoms with Gasteiger partial charge in [-0.15, -0.1) is 0 Å². The van der Waals surface area contributed by atoms with E-state index >= 15 is 0 Å². The van der Waals surface area contributed by atoms with E-state index in [4.69, 9.17) is 4.74 Å². The summed E-state index contributed by atoms with van der Waals surface area (Å²) in [6.45, 7) is 6.83. The Hall–Kier alpha value is -1.10. The van der Waals surface area contributed by atoms with Crippen molar-refractivity contribution >= 4 is 11.9 Å². The van der Waals surface area contributed by atoms with Crippen LogP contribution in [0.4, 0.5) is 0 Å². The van der Waals surface area contributed by atoms with Crippen molar-refractivity contribution in [1.82, 2.24) is 10.2 Å². The van der Waals surface area contributed by atoms with Gasteiger partial charge >= 0.3 is 5.97 Å². The zero-order valence-corrected chi connectivity index (χ0v) is 13.1. The van der Waals surface area contributed by atoms with Gasteiger partial charge in [-0.1, -0.05) is 6.42 Å². The lowest BCUT2D eigenvalue weighted by atomic mass is 9.85. The van der Waals surface area contributed by atoms with Crippen molar-refractivity contribution in [3.8, 4) is 0 Å². The quantitative estimate of drug-likeness (QED) is 0.752. The molecule has 1 N–H and O–H groups in total. The highest BCUT2D eigenvalue weighted by Gasteiger charge is 2.30. The summed E-state index contributed by atoms with van der Waals surface area (Å²) >= 11 is 0. The van der Waals surface area contributed by atoms with Crippen LogP contribution in [0.3, 0.4) is 0 Å². The Morgan fingerprint density at radius 2 is 2.05 bits per heavy atom. The lowest BCUT2D eigenvalue weighted by Crippen LogP contribution is -2.48. The number of rotatable bonds is 6. The molecular weight excluding hydrogens is 256 g/mol. The third-order valence-corrected chi connectivity index (χ3v) is 4.00. The molecule has 1 amide bonds. The van der Waals surface area contributed by atoms with E-state index in [0.29, 0.717) is 13.2 Å². The number of hydrogen-bond donors (Lipinski definition) is 1. The number of amides is 1. The summed E-state index contributed by atoms with van der Waals surface area (Å²) in [6.07, 6.45) is 3.69. The van der Waals surface area contributed by atoms with Crippen LogP contribution < -0.4 is 5.32 Å². The van der Waals surface area contributed by atoms with Gasteiger partial charge in [-0.2, -0.15) is 0 Å². The van der Waals surface area contributed by atoms with Crippen LogP contribution in [-0.2, 0) is 14.3 Å². The van der Waals surface area contributed by atoms with Crippen molar-refractivity contribution in [2.24, 2.45) is 5.92 Å². The highest BCUT2D eigenvalue weighted by atomic mass is 16.5. The largest absolute Gasteiger partial charge is 0.466 e. The van der Waals surface area contributed by atoms with Gasteiger partial charge in [0.15, 0.2) is 0 Å². The van der Waals surface area contributed by atoms with Crippen LogP contribution in [0.2, 0.25) is 0 Å². The third kappa shape index (κ3) is 4.78. The van der Waals surface area contributed by atoms with E-state index in [1.165, 1.54) is 0 Å². The fourth-order valence-electron chi connectivity index (χ4n) is 2.73. The Labute approximate surface area is 122 Å². The molecule has 1 saturated carbocycles. The molecule has 3 atom stereocenters. The van der Waals surface area contributed by atoms with E-state index in [0.717, 1.165) is 25.7 Å². The van der Waals surface area contributed by atoms with Crippen molar-refractivity contribution < 1.29 is 14.3 Å². The maximum absolute atomic E-state index is 12.0. The molecule has 0 radical (unpaired) electrons. The molecule has 0 aromatic carbocycles. The summed E-state index contributed by atoms with van der Waals surface area (Å²) in [6, 6.07) is 0.0215. The Bertz CT molecular complexity index is 333. The van der Waals surface area contributed by atoms with Crippen LogP contribution in [0.15, 0.2) is 0 Å². The number of nitrogens with one attached hydrogen (secondary N) is 1. The van der Waals surface area contributed by atoms with E-state index in [-0.39, 0.29) is 29.9 Å². The Balaban J connectivity index is 2.47. The van der Waals surface area contributed by atoms with Gasteiger partial charge in [0.25, 0.3) is 0 Å². The van der Waals surface area contributed by atoms with Crippen LogP contribution in [0, 0.1) is 5.92 Å². The average molecular weight is 284 g/mol. The van der Waals surface area contributed by atoms with Crippen molar-refractivity contribution in [1.29, 1.82) is 0 Å². The Morgan fingerprint density at radius 1 is 1.35 bits per heavy atom. The van der Waals surface area contributed by atoms with Gasteiger partial charge in [0.2, 0.25) is 5.91 Å². The maximum Gasteiger partial charge on any atom is 0.308 e. The molecule has 3 unspecified atom stereocenters. The molecule has 20 heavy (non-hydrogen) atoms. The fraction of sp³-hybridized carbons (Fsp3) is 0.867. The number of hydrogen-bond acceptors (Lipinski definition) is 4. The molecule has 0 aliphatic heterocycles. The summed E-state index contributed by atoms with van der Waals surface area (Å²) in [7, 11) is 1.81. The molecule has 0 aromatic heterocycles. The summed E-state index contributed by atoms with van der Waals surface area (Å²) in [5, 5.41) is 3.36. The van der Waals surface area contributed by atoms with Gasteiger partial charge in [-0.3, -0.25) is 9.59 Å². The van der Waals surface area contributed by atoms with Crippen molar-refractivity contribution in [3.05, 3.63) is 0 Å². The minimum Gasteiger partial charge on any atom is -0.466 e. The molecular formula is C15H28N2O3. The number of carbonyl (C=O) groups excluding carboxylic acids is 2. The number of esters is 1. The van der Waals surface area contributed by atoms with Crippen molar-refractivity contribution in [2.45, 2.75) is 58.5 Å². The van der Waals surface area contributed by atoms with E-state index in [9.17, 15) is 9.59 Å². The summed E-state index contributed by atoms with van der Waals surface area (Å²) in [5.74, 6) is -0.0122. The lowest BCUT2D eigenvalue weighted by Gasteiger charge is -2.31. The van der Waals surface area contributed by atoms with Crippen LogP contribution in [0.25, 0.3) is 0 Å².